The van der Waals surface area contributed by atoms with Crippen molar-refractivity contribution in [3.63, 3.8) is 0 Å². The molecule has 0 aromatic heterocycles. The van der Waals surface area contributed by atoms with Crippen molar-refractivity contribution in [3.05, 3.63) is 0 Å². The van der Waals surface area contributed by atoms with Crippen molar-refractivity contribution in [1.29, 1.82) is 0 Å². The summed E-state index contributed by atoms with van der Waals surface area (Å²) in [4.78, 5) is 11.9. The molecule has 2 unspecified atom stereocenters. The molecule has 0 aliphatic heterocycles. The van der Waals surface area contributed by atoms with Crippen LogP contribution in [0.25, 0.3) is 0 Å². The number of hydrogen-bond acceptors (Lipinski definition) is 3. The summed E-state index contributed by atoms with van der Waals surface area (Å²) in [6, 6.07) is 0. The molecule has 0 saturated heterocycles. The van der Waals surface area contributed by atoms with Gasteiger partial charge in [-0.3, -0.25) is 4.79 Å². The van der Waals surface area contributed by atoms with Crippen LogP contribution < -0.4 is 0 Å². The Bertz CT molecular complexity index is 256. The Morgan fingerprint density at radius 1 is 1.50 bits per heavy atom. The van der Waals surface area contributed by atoms with Gasteiger partial charge in [0, 0.05) is 0 Å². The molecule has 0 aromatic carbocycles. The lowest BCUT2D eigenvalue weighted by Gasteiger charge is -2.37. The molecule has 3 nitrogen and oxygen atoms in total. The maximum absolute atomic E-state index is 11.9. The molecule has 1 saturated carbocycles. The Hall–Kier alpha value is -0.570. The van der Waals surface area contributed by atoms with Gasteiger partial charge in [-0.05, 0) is 46.5 Å². The van der Waals surface area contributed by atoms with Gasteiger partial charge < -0.3 is 9.84 Å². The lowest BCUT2D eigenvalue weighted by molar-refractivity contribution is -0.178. The lowest BCUT2D eigenvalue weighted by Crippen LogP contribution is -2.46. The number of hydrogen-bond donors (Lipinski definition) is 1. The standard InChI is InChI=1S/C13H24O3/c1-5-12(2,3)11(14)16-10-8-6-7-9-13(10,4)15/h10,15H,5-9H2,1-4H3. The average molecular weight is 228 g/mol. The number of rotatable bonds is 3. The summed E-state index contributed by atoms with van der Waals surface area (Å²) < 4.78 is 5.47. The zero-order valence-electron chi connectivity index (χ0n) is 10.9. The first-order valence-electron chi connectivity index (χ1n) is 6.23. The highest BCUT2D eigenvalue weighted by Crippen LogP contribution is 2.32. The van der Waals surface area contributed by atoms with Crippen LogP contribution in [0.15, 0.2) is 0 Å². The van der Waals surface area contributed by atoms with Crippen molar-refractivity contribution < 1.29 is 14.6 Å². The van der Waals surface area contributed by atoms with E-state index in [4.69, 9.17) is 4.74 Å². The van der Waals surface area contributed by atoms with Crippen molar-refractivity contribution in [2.75, 3.05) is 0 Å². The molecule has 0 bridgehead atoms. The minimum absolute atomic E-state index is 0.192. The molecule has 2 atom stereocenters. The highest BCUT2D eigenvalue weighted by atomic mass is 16.6. The Morgan fingerprint density at radius 2 is 2.12 bits per heavy atom. The zero-order valence-corrected chi connectivity index (χ0v) is 10.9. The van der Waals surface area contributed by atoms with Crippen LogP contribution in [-0.2, 0) is 9.53 Å². The molecule has 0 spiro atoms. The van der Waals surface area contributed by atoms with Crippen LogP contribution in [0.2, 0.25) is 0 Å². The minimum atomic E-state index is -0.849. The molecule has 0 aromatic rings. The third kappa shape index (κ3) is 2.97. The molecular weight excluding hydrogens is 204 g/mol. The minimum Gasteiger partial charge on any atom is -0.459 e. The van der Waals surface area contributed by atoms with Crippen molar-refractivity contribution in [2.45, 2.75) is 71.5 Å². The first-order valence-corrected chi connectivity index (χ1v) is 6.23. The van der Waals surface area contributed by atoms with Crippen LogP contribution in [0.3, 0.4) is 0 Å². The van der Waals surface area contributed by atoms with Crippen LogP contribution in [0.1, 0.15) is 59.8 Å². The third-order valence-electron chi connectivity index (χ3n) is 3.78. The van der Waals surface area contributed by atoms with Gasteiger partial charge in [-0.2, -0.15) is 0 Å². The highest BCUT2D eigenvalue weighted by molar-refractivity contribution is 5.76. The first-order chi connectivity index (χ1) is 7.29. The third-order valence-corrected chi connectivity index (χ3v) is 3.78. The highest BCUT2D eigenvalue weighted by Gasteiger charge is 2.39. The quantitative estimate of drug-likeness (QED) is 0.755. The maximum atomic E-state index is 11.9. The molecule has 1 aliphatic rings. The molecule has 94 valence electrons. The maximum Gasteiger partial charge on any atom is 0.311 e. The van der Waals surface area contributed by atoms with E-state index in [0.29, 0.717) is 0 Å². The van der Waals surface area contributed by atoms with E-state index in [1.165, 1.54) is 0 Å². The van der Waals surface area contributed by atoms with Gasteiger partial charge in [-0.15, -0.1) is 0 Å². The summed E-state index contributed by atoms with van der Waals surface area (Å²) >= 11 is 0. The van der Waals surface area contributed by atoms with Gasteiger partial charge in [0.2, 0.25) is 0 Å². The Kier molecular flexibility index (Phi) is 4.00. The van der Waals surface area contributed by atoms with Crippen LogP contribution >= 0.6 is 0 Å². The summed E-state index contributed by atoms with van der Waals surface area (Å²) in [5.74, 6) is -0.192. The molecule has 0 heterocycles. The second-order valence-corrected chi connectivity index (χ2v) is 5.73. The molecule has 3 heteroatoms. The van der Waals surface area contributed by atoms with E-state index in [2.05, 4.69) is 0 Å². The lowest BCUT2D eigenvalue weighted by atomic mass is 9.83. The first kappa shape index (κ1) is 13.5. The monoisotopic (exact) mass is 228 g/mol. The van der Waals surface area contributed by atoms with Crippen molar-refractivity contribution in [1.82, 2.24) is 0 Å². The topological polar surface area (TPSA) is 46.5 Å². The number of aliphatic hydroxyl groups is 1. The van der Waals surface area contributed by atoms with E-state index in [-0.39, 0.29) is 12.1 Å². The molecule has 1 fully saturated rings. The van der Waals surface area contributed by atoms with E-state index in [1.54, 1.807) is 6.92 Å². The summed E-state index contributed by atoms with van der Waals surface area (Å²) in [6.45, 7) is 7.50. The smallest absolute Gasteiger partial charge is 0.311 e. The van der Waals surface area contributed by atoms with Crippen LogP contribution in [-0.4, -0.2) is 22.8 Å². The molecular formula is C13H24O3. The van der Waals surface area contributed by atoms with Crippen LogP contribution in [0.4, 0.5) is 0 Å². The Balaban J connectivity index is 2.62. The van der Waals surface area contributed by atoms with Gasteiger partial charge in [0.05, 0.1) is 11.0 Å². The molecule has 0 radical (unpaired) electrons. The van der Waals surface area contributed by atoms with Gasteiger partial charge >= 0.3 is 5.97 Å². The van der Waals surface area contributed by atoms with Crippen LogP contribution in [0, 0.1) is 5.41 Å². The van der Waals surface area contributed by atoms with Crippen molar-refractivity contribution in [2.24, 2.45) is 5.41 Å². The molecule has 1 aliphatic carbocycles. The van der Waals surface area contributed by atoms with Gasteiger partial charge in [-0.25, -0.2) is 0 Å². The van der Waals surface area contributed by atoms with Crippen molar-refractivity contribution in [3.8, 4) is 0 Å². The van der Waals surface area contributed by atoms with Gasteiger partial charge in [0.15, 0.2) is 0 Å². The van der Waals surface area contributed by atoms with E-state index in [9.17, 15) is 9.90 Å². The van der Waals surface area contributed by atoms with Crippen molar-refractivity contribution >= 4 is 5.97 Å². The number of esters is 1. The zero-order chi connectivity index (χ0) is 12.4. The summed E-state index contributed by atoms with van der Waals surface area (Å²) in [7, 11) is 0. The predicted molar refractivity (Wildman–Crippen MR) is 63.0 cm³/mol. The molecule has 16 heavy (non-hydrogen) atoms. The SMILES string of the molecule is CCC(C)(C)C(=O)OC1CCCCC1(C)O. The number of carbonyl (C=O) groups is 1. The fraction of sp³-hybridized carbons (Fsp3) is 0.923. The summed E-state index contributed by atoms with van der Waals surface area (Å²) in [5.41, 5.74) is -1.30. The largest absolute Gasteiger partial charge is 0.459 e. The normalized spacial score (nSPS) is 31.2. The van der Waals surface area contributed by atoms with E-state index in [1.807, 2.05) is 20.8 Å². The fourth-order valence-corrected chi connectivity index (χ4v) is 1.90. The predicted octanol–water partition coefficient (Wildman–Crippen LogP) is 2.66. The fourth-order valence-electron chi connectivity index (χ4n) is 1.90. The summed E-state index contributed by atoms with van der Waals surface area (Å²) in [5, 5.41) is 10.1. The molecule has 1 rings (SSSR count). The van der Waals surface area contributed by atoms with E-state index >= 15 is 0 Å². The second kappa shape index (κ2) is 4.74. The molecule has 0 amide bonds. The van der Waals surface area contributed by atoms with E-state index < -0.39 is 11.0 Å². The van der Waals surface area contributed by atoms with Gasteiger partial charge in [0.1, 0.15) is 6.10 Å². The molecule has 1 N–H and O–H groups in total. The number of ether oxygens (including phenoxy) is 1. The summed E-state index contributed by atoms with van der Waals surface area (Å²) in [6.07, 6.45) is 3.95. The average Bonchev–Trinajstić information content (AvgIpc) is 2.21. The Morgan fingerprint density at radius 3 is 2.62 bits per heavy atom. The van der Waals surface area contributed by atoms with E-state index in [0.717, 1.165) is 32.1 Å². The van der Waals surface area contributed by atoms with Crippen LogP contribution in [0.5, 0.6) is 0 Å². The Labute approximate surface area is 98.2 Å². The number of carbonyl (C=O) groups excluding carboxylic acids is 1. The second-order valence-electron chi connectivity index (χ2n) is 5.73. The van der Waals surface area contributed by atoms with Gasteiger partial charge in [0.25, 0.3) is 0 Å². The van der Waals surface area contributed by atoms with Gasteiger partial charge in [-0.1, -0.05) is 13.3 Å².